The van der Waals surface area contributed by atoms with Crippen molar-refractivity contribution in [2.75, 3.05) is 73.9 Å². The number of fused-ring (bicyclic) bond motifs is 4. The van der Waals surface area contributed by atoms with Gasteiger partial charge in [0.2, 0.25) is 11.4 Å². The molecule has 12 aromatic rings. The normalized spacial score (nSPS) is 13.6. The van der Waals surface area contributed by atoms with Crippen LogP contribution >= 0.6 is 0 Å². The summed E-state index contributed by atoms with van der Waals surface area (Å²) in [5.41, 5.74) is 23.8. The van der Waals surface area contributed by atoms with Crippen molar-refractivity contribution in [1.29, 1.82) is 0 Å². The van der Waals surface area contributed by atoms with Crippen LogP contribution in [-0.2, 0) is 54.7 Å². The third kappa shape index (κ3) is 18.1. The second-order valence-electron chi connectivity index (χ2n) is 29.5. The number of halogens is 3. The Morgan fingerprint density at radius 2 is 0.793 bits per heavy atom. The summed E-state index contributed by atoms with van der Waals surface area (Å²) in [5.74, 6) is 1.02. The van der Waals surface area contributed by atoms with Gasteiger partial charge in [-0.3, -0.25) is 9.78 Å². The fourth-order valence-electron chi connectivity index (χ4n) is 14.6. The number of H-pyrrole nitrogens is 1. The molecule has 4 atom stereocenters. The van der Waals surface area contributed by atoms with Gasteiger partial charge in [0.25, 0.3) is 0 Å². The van der Waals surface area contributed by atoms with Crippen LogP contribution in [0.25, 0.3) is 89.2 Å². The molecule has 1 N–H and O–H groups in total. The van der Waals surface area contributed by atoms with Gasteiger partial charge in [-0.15, -0.1) is 0 Å². The summed E-state index contributed by atoms with van der Waals surface area (Å²) in [6.45, 7) is 35.8. The molecule has 111 heavy (non-hydrogen) atoms. The van der Waals surface area contributed by atoms with E-state index in [1.807, 2.05) is 65.0 Å². The topological polar surface area (TPSA) is 226 Å². The molecule has 1 saturated carbocycles. The van der Waals surface area contributed by atoms with Gasteiger partial charge in [0, 0.05) is 125 Å². The second kappa shape index (κ2) is 35.4. The number of aryl methyl sites for hydroxylation is 12. The Balaban J connectivity index is 0.000000158. The highest BCUT2D eigenvalue weighted by Gasteiger charge is 2.49. The average Bonchev–Trinajstić information content (AvgIpc) is 1.67. The highest BCUT2D eigenvalue weighted by Crippen LogP contribution is 2.42. The van der Waals surface area contributed by atoms with Gasteiger partial charge >= 0.3 is 15.6 Å². The van der Waals surface area contributed by atoms with Gasteiger partial charge in [-0.1, -0.05) is 27.7 Å². The van der Waals surface area contributed by atoms with Crippen LogP contribution in [0.15, 0.2) is 102 Å². The summed E-state index contributed by atoms with van der Waals surface area (Å²) in [6, 6.07) is 24.3. The number of alkyl halides is 3. The molecule has 0 saturated heterocycles. The number of hydrogen-bond donors (Lipinski definition) is 1. The van der Waals surface area contributed by atoms with Gasteiger partial charge < -0.3 is 51.3 Å². The van der Waals surface area contributed by atoms with E-state index in [-0.39, 0.29) is 29.7 Å². The van der Waals surface area contributed by atoms with E-state index in [1.54, 1.807) is 41.4 Å². The maximum Gasteiger partial charge on any atom is 0.534 e. The van der Waals surface area contributed by atoms with Crippen molar-refractivity contribution in [2.24, 2.45) is 0 Å². The lowest BCUT2D eigenvalue weighted by Crippen LogP contribution is -2.28. The Hall–Kier alpha value is -9.66. The number of nitrogens with one attached hydrogen (secondary N) is 1. The minimum absolute atomic E-state index is 0.0740. The van der Waals surface area contributed by atoms with Crippen LogP contribution < -0.4 is 14.6 Å². The molecule has 1 aliphatic rings. The van der Waals surface area contributed by atoms with Gasteiger partial charge in [-0.05, 0) is 227 Å². The number of pyridine rings is 8. The molecule has 21 nitrogen and oxygen atoms in total. The van der Waals surface area contributed by atoms with E-state index < -0.39 is 21.5 Å². The van der Waals surface area contributed by atoms with Crippen LogP contribution in [-0.4, -0.2) is 141 Å². The number of aromatic nitrogens is 12. The molecule has 1 fully saturated rings. The second-order valence-corrected chi connectivity index (χ2v) is 31.0. The van der Waals surface area contributed by atoms with Crippen molar-refractivity contribution < 1.29 is 44.7 Å². The standard InChI is InChI=1S/C23H29N3O.C22H30N4O.C21H24F3N3O4S.C20H25N3O2/c1-6-19-18(9-10-20(24-19)17-7-8-17)22-14(2)11-21-23(25-22)15(3)12-26(21)16(4)13-27-5;1-8-18-17(9-10-20(23-18)25(5)6)21-14(2)11-19-22(24-21)15(3)12-26(19)16(4)13-27-7;1-6-16-15(7-8-18(25-16)31-32(28,29)21(22,23)24)19-12(2)9-17-20(26-19)13(3)10-27(17)14(4)11-30-5;1-6-16-15(7-8-18(24)21-16)19-12(2)9-17-20(22-19)13(3)10-23(17)14(4)11-25-5/h9-12,16-17H,6-8,13H2,1-5H3;9-12,16H,8,13H2,1-7H3;7-10,14H,6,11H2,1-5H3;7-10,14H,6,11H2,1-5H3,(H,21,24)/t2*16-;2*14-/m0000/s1. The fraction of sp³-hybridized carbons (Fsp3) is 0.442. The first-order valence-corrected chi connectivity index (χ1v) is 39.5. The Morgan fingerprint density at radius 3 is 1.13 bits per heavy atom. The molecule has 0 spiro atoms. The highest BCUT2D eigenvalue weighted by molar-refractivity contribution is 7.88. The van der Waals surface area contributed by atoms with Crippen molar-refractivity contribution in [3.8, 4) is 50.9 Å². The molecule has 0 unspecified atom stereocenters. The van der Waals surface area contributed by atoms with Crippen molar-refractivity contribution in [3.05, 3.63) is 181 Å². The van der Waals surface area contributed by atoms with E-state index in [0.29, 0.717) is 55.7 Å². The summed E-state index contributed by atoms with van der Waals surface area (Å²) in [6.07, 6.45) is 14.0. The SMILES string of the molecule is CCc1[nH]c(=O)ccc1-c1nc2c(C)cn([C@@H](C)COC)c2cc1C.CCc1nc(C2CC2)ccc1-c1nc2c(C)cn([C@@H](C)COC)c2cc1C.CCc1nc(N(C)C)ccc1-c1nc2c(C)cn([C@@H](C)COC)c2cc1C.CCc1nc(OS(=O)(=O)C(F)(F)F)ccc1-c1nc2c(C)cn([C@@H](C)COC)c2cc1C. The predicted octanol–water partition coefficient (Wildman–Crippen LogP) is 18.4. The average molecular weight is 1540 g/mol. The minimum Gasteiger partial charge on any atom is -0.383 e. The van der Waals surface area contributed by atoms with Crippen molar-refractivity contribution in [1.82, 2.24) is 58.1 Å². The van der Waals surface area contributed by atoms with Gasteiger partial charge in [-0.25, -0.2) is 29.9 Å². The lowest BCUT2D eigenvalue weighted by Gasteiger charge is -2.17. The first kappa shape index (κ1) is 83.8. The van der Waals surface area contributed by atoms with Crippen LogP contribution in [0.4, 0.5) is 19.0 Å². The van der Waals surface area contributed by atoms with E-state index >= 15 is 0 Å². The molecule has 25 heteroatoms. The summed E-state index contributed by atoms with van der Waals surface area (Å²) in [5, 5.41) is 0. The van der Waals surface area contributed by atoms with Gasteiger partial charge in [0.1, 0.15) is 5.82 Å². The molecule has 12 heterocycles. The van der Waals surface area contributed by atoms with Crippen molar-refractivity contribution in [3.63, 3.8) is 0 Å². The monoisotopic (exact) mass is 1540 g/mol. The largest absolute Gasteiger partial charge is 0.534 e. The molecule has 0 bridgehead atoms. The predicted molar refractivity (Wildman–Crippen MR) is 438 cm³/mol. The quantitative estimate of drug-likeness (QED) is 0.0438. The van der Waals surface area contributed by atoms with Crippen LogP contribution in [0.5, 0.6) is 5.88 Å². The van der Waals surface area contributed by atoms with Gasteiger partial charge in [0.05, 0.1) is 129 Å². The number of aromatic amines is 1. The Morgan fingerprint density at radius 1 is 0.459 bits per heavy atom. The lowest BCUT2D eigenvalue weighted by molar-refractivity contribution is -0.0501. The summed E-state index contributed by atoms with van der Waals surface area (Å²) >= 11 is 0. The Bertz CT molecular complexity index is 5370. The molecule has 0 radical (unpaired) electrons. The smallest absolute Gasteiger partial charge is 0.383 e. The molecular weight excluding hydrogens is 1430 g/mol. The first-order valence-electron chi connectivity index (χ1n) is 38.1. The maximum atomic E-state index is 12.6. The zero-order valence-corrected chi connectivity index (χ0v) is 69.2. The molecule has 1 aliphatic carbocycles. The Labute approximate surface area is 650 Å². The van der Waals surface area contributed by atoms with Gasteiger partial charge in [-0.2, -0.15) is 21.6 Å². The van der Waals surface area contributed by atoms with E-state index in [0.717, 1.165) is 132 Å². The maximum absolute atomic E-state index is 12.6. The number of rotatable bonds is 24. The minimum atomic E-state index is -5.80. The molecule has 592 valence electrons. The van der Waals surface area contributed by atoms with E-state index in [2.05, 4.69) is 170 Å². The summed E-state index contributed by atoms with van der Waals surface area (Å²) in [4.78, 5) is 50.4. The van der Waals surface area contributed by atoms with Crippen molar-refractivity contribution in [2.45, 2.75) is 185 Å². The number of anilines is 1. The van der Waals surface area contributed by atoms with E-state index in [4.69, 9.17) is 48.9 Å². The molecule has 0 amide bonds. The molecule has 0 aliphatic heterocycles. The molecular formula is C86H108F3N13O8S. The van der Waals surface area contributed by atoms with Crippen LogP contribution in [0.2, 0.25) is 0 Å². The van der Waals surface area contributed by atoms with Gasteiger partial charge in [0.15, 0.2) is 0 Å². The Kier molecular flexibility index (Phi) is 26.7. The van der Waals surface area contributed by atoms with E-state index in [9.17, 15) is 26.4 Å². The van der Waals surface area contributed by atoms with Crippen LogP contribution in [0.1, 0.15) is 171 Å². The summed E-state index contributed by atoms with van der Waals surface area (Å²) in [7, 11) is 5.10. The molecule has 0 aromatic carbocycles. The van der Waals surface area contributed by atoms with Crippen LogP contribution in [0, 0.1) is 55.4 Å². The van der Waals surface area contributed by atoms with E-state index in [1.165, 1.54) is 63.6 Å². The van der Waals surface area contributed by atoms with Crippen LogP contribution in [0.3, 0.4) is 0 Å². The zero-order valence-electron chi connectivity index (χ0n) is 68.4. The third-order valence-corrected chi connectivity index (χ3v) is 21.4. The fourth-order valence-corrected chi connectivity index (χ4v) is 15.0. The molecule has 13 rings (SSSR count). The highest BCUT2D eigenvalue weighted by atomic mass is 32.2. The number of nitrogens with zero attached hydrogens (tertiary/aromatic N) is 12. The van der Waals surface area contributed by atoms with Crippen molar-refractivity contribution >= 4 is 60.1 Å². The number of ether oxygens (including phenoxy) is 4. The number of methoxy groups -OCH3 is 4. The third-order valence-electron chi connectivity index (χ3n) is 20.5. The molecule has 12 aromatic heterocycles. The first-order chi connectivity index (χ1) is 52.7. The lowest BCUT2D eigenvalue weighted by atomic mass is 10.0. The zero-order chi connectivity index (χ0) is 80.8. The summed E-state index contributed by atoms with van der Waals surface area (Å²) < 4.78 is 94.8. The number of hydrogen-bond acceptors (Lipinski definition) is 16.